The first-order valence-electron chi connectivity index (χ1n) is 5.43. The first-order valence-corrected chi connectivity index (χ1v) is 5.43. The Balaban J connectivity index is 2.11. The second-order valence-corrected chi connectivity index (χ2v) is 3.61. The fourth-order valence-electron chi connectivity index (χ4n) is 1.56. The average Bonchev–Trinajstić information content (AvgIpc) is 2.33. The van der Waals surface area contributed by atoms with Crippen LogP contribution >= 0.6 is 0 Å². The molecule has 1 N–H and O–H groups in total. The largest absolute Gasteiger partial charge is 0.356 e. The summed E-state index contributed by atoms with van der Waals surface area (Å²) >= 11 is 0. The maximum atomic E-state index is 3.35. The Kier molecular flexibility index (Phi) is 3.39. The van der Waals surface area contributed by atoms with Crippen LogP contribution in [0.1, 0.15) is 12.5 Å². The van der Waals surface area contributed by atoms with Gasteiger partial charge in [-0.1, -0.05) is 42.5 Å². The molecule has 0 saturated heterocycles. The summed E-state index contributed by atoms with van der Waals surface area (Å²) in [6.07, 6.45) is 4.13. The lowest BCUT2D eigenvalue weighted by atomic mass is 10.2. The molecule has 0 atom stereocenters. The van der Waals surface area contributed by atoms with Gasteiger partial charge in [0.25, 0.3) is 0 Å². The first-order chi connectivity index (χ1) is 7.88. The summed E-state index contributed by atoms with van der Waals surface area (Å²) in [5, 5.41) is 3.35. The van der Waals surface area contributed by atoms with Crippen molar-refractivity contribution in [1.82, 2.24) is 0 Å². The third-order valence-electron chi connectivity index (χ3n) is 2.33. The molecule has 0 spiro atoms. The SMILES string of the molecule is CC=Cc1ccc(Nc2ccccc2)cc1. The minimum Gasteiger partial charge on any atom is -0.356 e. The molecule has 0 unspecified atom stereocenters. The van der Waals surface area contributed by atoms with Crippen molar-refractivity contribution in [3.63, 3.8) is 0 Å². The Labute approximate surface area is 96.4 Å². The molecule has 0 aliphatic rings. The highest BCUT2D eigenvalue weighted by molar-refractivity contribution is 5.62. The molecule has 2 aromatic carbocycles. The molecule has 0 amide bonds. The van der Waals surface area contributed by atoms with Crippen LogP contribution in [0.2, 0.25) is 0 Å². The zero-order valence-electron chi connectivity index (χ0n) is 9.35. The van der Waals surface area contributed by atoms with Crippen molar-refractivity contribution in [2.75, 3.05) is 5.32 Å². The molecule has 0 aliphatic heterocycles. The van der Waals surface area contributed by atoms with E-state index in [1.165, 1.54) is 5.56 Å². The number of rotatable bonds is 3. The minimum absolute atomic E-state index is 1.11. The molecule has 0 aliphatic carbocycles. The van der Waals surface area contributed by atoms with Crippen LogP contribution in [-0.4, -0.2) is 0 Å². The van der Waals surface area contributed by atoms with Gasteiger partial charge in [-0.15, -0.1) is 0 Å². The number of anilines is 2. The van der Waals surface area contributed by atoms with E-state index >= 15 is 0 Å². The summed E-state index contributed by atoms with van der Waals surface area (Å²) in [7, 11) is 0. The van der Waals surface area contributed by atoms with E-state index in [1.807, 2.05) is 31.2 Å². The number of allylic oxidation sites excluding steroid dienone is 1. The molecule has 80 valence electrons. The van der Waals surface area contributed by atoms with E-state index in [9.17, 15) is 0 Å². The molecule has 0 radical (unpaired) electrons. The van der Waals surface area contributed by atoms with Gasteiger partial charge < -0.3 is 5.32 Å². The molecule has 0 heterocycles. The summed E-state index contributed by atoms with van der Waals surface area (Å²) in [5.74, 6) is 0. The molecular weight excluding hydrogens is 194 g/mol. The van der Waals surface area contributed by atoms with Crippen LogP contribution < -0.4 is 5.32 Å². The lowest BCUT2D eigenvalue weighted by molar-refractivity contribution is 1.54. The van der Waals surface area contributed by atoms with E-state index in [-0.39, 0.29) is 0 Å². The van der Waals surface area contributed by atoms with E-state index in [0.717, 1.165) is 11.4 Å². The highest BCUT2D eigenvalue weighted by Gasteiger charge is 1.92. The van der Waals surface area contributed by atoms with Gasteiger partial charge in [0.05, 0.1) is 0 Å². The Morgan fingerprint density at radius 3 is 2.06 bits per heavy atom. The van der Waals surface area contributed by atoms with Gasteiger partial charge in [0.15, 0.2) is 0 Å². The Morgan fingerprint density at radius 1 is 0.812 bits per heavy atom. The van der Waals surface area contributed by atoms with Crippen LogP contribution in [0.3, 0.4) is 0 Å². The van der Waals surface area contributed by atoms with Crippen molar-refractivity contribution in [2.24, 2.45) is 0 Å². The lowest BCUT2D eigenvalue weighted by Gasteiger charge is -2.06. The number of hydrogen-bond donors (Lipinski definition) is 1. The van der Waals surface area contributed by atoms with Crippen molar-refractivity contribution in [1.29, 1.82) is 0 Å². The topological polar surface area (TPSA) is 12.0 Å². The Hall–Kier alpha value is -2.02. The average molecular weight is 209 g/mol. The first kappa shape index (κ1) is 10.5. The zero-order valence-corrected chi connectivity index (χ0v) is 9.35. The number of benzene rings is 2. The maximum Gasteiger partial charge on any atom is 0.0384 e. The highest BCUT2D eigenvalue weighted by Crippen LogP contribution is 2.16. The predicted molar refractivity (Wildman–Crippen MR) is 70.9 cm³/mol. The van der Waals surface area contributed by atoms with Gasteiger partial charge >= 0.3 is 0 Å². The summed E-state index contributed by atoms with van der Waals surface area (Å²) in [6, 6.07) is 18.5. The molecule has 1 nitrogen and oxygen atoms in total. The van der Waals surface area contributed by atoms with Crippen molar-refractivity contribution >= 4 is 17.5 Å². The van der Waals surface area contributed by atoms with Crippen LogP contribution in [-0.2, 0) is 0 Å². The van der Waals surface area contributed by atoms with Gasteiger partial charge in [0.1, 0.15) is 0 Å². The molecule has 0 bridgehead atoms. The van der Waals surface area contributed by atoms with Crippen LogP contribution in [0.15, 0.2) is 60.7 Å². The quantitative estimate of drug-likeness (QED) is 0.786. The smallest absolute Gasteiger partial charge is 0.0384 e. The highest BCUT2D eigenvalue weighted by atomic mass is 14.9. The fourth-order valence-corrected chi connectivity index (χ4v) is 1.56. The monoisotopic (exact) mass is 209 g/mol. The number of nitrogens with one attached hydrogen (secondary N) is 1. The van der Waals surface area contributed by atoms with Gasteiger partial charge in [-0.2, -0.15) is 0 Å². The lowest BCUT2D eigenvalue weighted by Crippen LogP contribution is -1.88. The summed E-state index contributed by atoms with van der Waals surface area (Å²) < 4.78 is 0. The van der Waals surface area contributed by atoms with Crippen LogP contribution in [0, 0.1) is 0 Å². The van der Waals surface area contributed by atoms with E-state index in [1.54, 1.807) is 0 Å². The zero-order chi connectivity index (χ0) is 11.2. The molecular formula is C15H15N. The standard InChI is InChI=1S/C15H15N/c1-2-6-13-9-11-15(12-10-13)16-14-7-4-3-5-8-14/h2-12,16H,1H3. The fraction of sp³-hybridized carbons (Fsp3) is 0.0667. The van der Waals surface area contributed by atoms with Crippen LogP contribution in [0.5, 0.6) is 0 Å². The van der Waals surface area contributed by atoms with Gasteiger partial charge in [0.2, 0.25) is 0 Å². The minimum atomic E-state index is 1.11. The molecule has 1 heteroatoms. The normalized spacial score (nSPS) is 10.6. The van der Waals surface area contributed by atoms with E-state index in [0.29, 0.717) is 0 Å². The Bertz CT molecular complexity index is 455. The van der Waals surface area contributed by atoms with Gasteiger partial charge in [-0.25, -0.2) is 0 Å². The summed E-state index contributed by atoms with van der Waals surface area (Å²) in [4.78, 5) is 0. The number of para-hydroxylation sites is 1. The summed E-state index contributed by atoms with van der Waals surface area (Å²) in [5.41, 5.74) is 3.45. The van der Waals surface area contributed by atoms with Crippen molar-refractivity contribution < 1.29 is 0 Å². The molecule has 0 saturated carbocycles. The van der Waals surface area contributed by atoms with Crippen molar-refractivity contribution in [2.45, 2.75) is 6.92 Å². The van der Waals surface area contributed by atoms with Crippen LogP contribution in [0.25, 0.3) is 6.08 Å². The second-order valence-electron chi connectivity index (χ2n) is 3.61. The van der Waals surface area contributed by atoms with Gasteiger partial charge in [0, 0.05) is 11.4 Å². The third kappa shape index (κ3) is 2.74. The number of hydrogen-bond acceptors (Lipinski definition) is 1. The maximum absolute atomic E-state index is 3.35. The van der Waals surface area contributed by atoms with Crippen molar-refractivity contribution in [3.05, 3.63) is 66.2 Å². The molecule has 0 fully saturated rings. The second kappa shape index (κ2) is 5.17. The van der Waals surface area contributed by atoms with E-state index in [2.05, 4.69) is 47.8 Å². The molecule has 2 aromatic rings. The van der Waals surface area contributed by atoms with Crippen LogP contribution in [0.4, 0.5) is 11.4 Å². The summed E-state index contributed by atoms with van der Waals surface area (Å²) in [6.45, 7) is 2.02. The molecule has 16 heavy (non-hydrogen) atoms. The third-order valence-corrected chi connectivity index (χ3v) is 2.33. The van der Waals surface area contributed by atoms with Gasteiger partial charge in [-0.3, -0.25) is 0 Å². The van der Waals surface area contributed by atoms with E-state index < -0.39 is 0 Å². The Morgan fingerprint density at radius 2 is 1.44 bits per heavy atom. The molecule has 0 aromatic heterocycles. The predicted octanol–water partition coefficient (Wildman–Crippen LogP) is 4.46. The van der Waals surface area contributed by atoms with Crippen molar-refractivity contribution in [3.8, 4) is 0 Å². The van der Waals surface area contributed by atoms with Gasteiger partial charge in [-0.05, 0) is 36.8 Å². The van der Waals surface area contributed by atoms with E-state index in [4.69, 9.17) is 0 Å². The molecule has 2 rings (SSSR count).